The molecule has 1 N–H and O–H groups in total. The van der Waals surface area contributed by atoms with Crippen LogP contribution in [-0.4, -0.2) is 26.3 Å². The molecule has 0 fully saturated rings. The van der Waals surface area contributed by atoms with Crippen molar-refractivity contribution in [1.29, 1.82) is 0 Å². The van der Waals surface area contributed by atoms with Gasteiger partial charge in [0.15, 0.2) is 0 Å². The van der Waals surface area contributed by atoms with Gasteiger partial charge in [-0.15, -0.1) is 10.2 Å². The molecule has 0 spiro atoms. The zero-order chi connectivity index (χ0) is 12.3. The fourth-order valence-corrected chi connectivity index (χ4v) is 1.37. The Bertz CT molecular complexity index is 536. The highest BCUT2D eigenvalue weighted by molar-refractivity contribution is 5.66. The second-order valence-corrected chi connectivity index (χ2v) is 3.56. The second-order valence-electron chi connectivity index (χ2n) is 3.56. The quantitative estimate of drug-likeness (QED) is 0.859. The van der Waals surface area contributed by atoms with Gasteiger partial charge in [0.05, 0.1) is 6.42 Å². The first kappa shape index (κ1) is 11.3. The molecule has 0 amide bonds. The molecule has 0 aliphatic rings. The van der Waals surface area contributed by atoms with E-state index >= 15 is 0 Å². The predicted octanol–water partition coefficient (Wildman–Crippen LogP) is 1.46. The van der Waals surface area contributed by atoms with Crippen molar-refractivity contribution in [3.05, 3.63) is 29.8 Å². The summed E-state index contributed by atoms with van der Waals surface area (Å²) < 4.78 is 5.35. The molecular formula is C11H11N3O3. The molecule has 0 saturated carbocycles. The molecule has 17 heavy (non-hydrogen) atoms. The molecule has 88 valence electrons. The molecule has 0 aromatic carbocycles. The third-order valence-corrected chi connectivity index (χ3v) is 2.23. The highest BCUT2D eigenvalue weighted by Gasteiger charge is 2.12. The van der Waals surface area contributed by atoms with Crippen LogP contribution in [0.1, 0.15) is 17.9 Å². The van der Waals surface area contributed by atoms with Crippen LogP contribution >= 0.6 is 0 Å². The Balaban J connectivity index is 2.18. The van der Waals surface area contributed by atoms with Gasteiger partial charge in [0.2, 0.25) is 5.89 Å². The Morgan fingerprint density at radius 1 is 1.47 bits per heavy atom. The summed E-state index contributed by atoms with van der Waals surface area (Å²) in [5.41, 5.74) is 1.56. The molecule has 0 radical (unpaired) electrons. The average molecular weight is 233 g/mol. The first-order valence-corrected chi connectivity index (χ1v) is 5.13. The molecule has 6 heteroatoms. The number of aryl methyl sites for hydroxylation is 2. The SMILES string of the molecule is Cc1cccnc1-c1nnc(CCC(=O)O)o1. The first-order chi connectivity index (χ1) is 8.16. The van der Waals surface area contributed by atoms with Crippen LogP contribution < -0.4 is 0 Å². The van der Waals surface area contributed by atoms with Crippen LogP contribution in [0.4, 0.5) is 0 Å². The minimum atomic E-state index is -0.890. The maximum Gasteiger partial charge on any atom is 0.303 e. The van der Waals surface area contributed by atoms with Gasteiger partial charge in [-0.25, -0.2) is 0 Å². The zero-order valence-corrected chi connectivity index (χ0v) is 9.25. The fraction of sp³-hybridized carbons (Fsp3) is 0.273. The van der Waals surface area contributed by atoms with Gasteiger partial charge in [-0.2, -0.15) is 0 Å². The van der Waals surface area contributed by atoms with Gasteiger partial charge in [-0.05, 0) is 18.6 Å². The van der Waals surface area contributed by atoms with Crippen molar-refractivity contribution in [2.24, 2.45) is 0 Å². The van der Waals surface area contributed by atoms with Crippen LogP contribution in [-0.2, 0) is 11.2 Å². The van der Waals surface area contributed by atoms with Gasteiger partial charge < -0.3 is 9.52 Å². The Morgan fingerprint density at radius 2 is 2.29 bits per heavy atom. The average Bonchev–Trinajstić information content (AvgIpc) is 2.75. The minimum absolute atomic E-state index is 0.0250. The van der Waals surface area contributed by atoms with E-state index in [1.807, 2.05) is 19.1 Å². The monoisotopic (exact) mass is 233 g/mol. The lowest BCUT2D eigenvalue weighted by atomic mass is 10.2. The smallest absolute Gasteiger partial charge is 0.303 e. The van der Waals surface area contributed by atoms with E-state index in [2.05, 4.69) is 15.2 Å². The van der Waals surface area contributed by atoms with Crippen LogP contribution in [0.25, 0.3) is 11.6 Å². The van der Waals surface area contributed by atoms with Gasteiger partial charge in [-0.3, -0.25) is 9.78 Å². The van der Waals surface area contributed by atoms with Crippen molar-refractivity contribution in [2.45, 2.75) is 19.8 Å². The van der Waals surface area contributed by atoms with Gasteiger partial charge in [0.1, 0.15) is 5.69 Å². The maximum atomic E-state index is 10.4. The Labute approximate surface area is 97.3 Å². The van der Waals surface area contributed by atoms with Crippen LogP contribution in [0.2, 0.25) is 0 Å². The molecular weight excluding hydrogens is 222 g/mol. The molecule has 0 atom stereocenters. The number of carbonyl (C=O) groups is 1. The van der Waals surface area contributed by atoms with Crippen LogP contribution in [0.15, 0.2) is 22.7 Å². The molecule has 6 nitrogen and oxygen atoms in total. The van der Waals surface area contributed by atoms with E-state index in [1.54, 1.807) is 6.20 Å². The number of aliphatic carboxylic acids is 1. The van der Waals surface area contributed by atoms with E-state index in [0.717, 1.165) is 5.56 Å². The Kier molecular flexibility index (Phi) is 3.13. The number of carboxylic acid groups (broad SMARTS) is 1. The van der Waals surface area contributed by atoms with E-state index in [1.165, 1.54) is 0 Å². The van der Waals surface area contributed by atoms with Crippen molar-refractivity contribution in [3.8, 4) is 11.6 Å². The summed E-state index contributed by atoms with van der Waals surface area (Å²) in [5.74, 6) is -0.255. The topological polar surface area (TPSA) is 89.1 Å². The summed E-state index contributed by atoms with van der Waals surface area (Å²) in [6.45, 7) is 1.89. The lowest BCUT2D eigenvalue weighted by Gasteiger charge is -1.97. The van der Waals surface area contributed by atoms with Crippen molar-refractivity contribution >= 4 is 5.97 Å². The lowest BCUT2D eigenvalue weighted by molar-refractivity contribution is -0.137. The number of hydrogen-bond acceptors (Lipinski definition) is 5. The lowest BCUT2D eigenvalue weighted by Crippen LogP contribution is -1.97. The number of nitrogens with zero attached hydrogens (tertiary/aromatic N) is 3. The number of hydrogen-bond donors (Lipinski definition) is 1. The maximum absolute atomic E-state index is 10.4. The van der Waals surface area contributed by atoms with Crippen LogP contribution in [0.5, 0.6) is 0 Å². The van der Waals surface area contributed by atoms with E-state index < -0.39 is 5.97 Å². The van der Waals surface area contributed by atoms with Gasteiger partial charge in [0, 0.05) is 12.6 Å². The van der Waals surface area contributed by atoms with E-state index in [0.29, 0.717) is 17.5 Å². The highest BCUT2D eigenvalue weighted by Crippen LogP contribution is 2.19. The van der Waals surface area contributed by atoms with Gasteiger partial charge in [-0.1, -0.05) is 6.07 Å². The number of carboxylic acids is 1. The number of aromatic nitrogens is 3. The van der Waals surface area contributed by atoms with Crippen molar-refractivity contribution < 1.29 is 14.3 Å². The zero-order valence-electron chi connectivity index (χ0n) is 9.25. The van der Waals surface area contributed by atoms with Gasteiger partial charge >= 0.3 is 5.97 Å². The summed E-state index contributed by atoms with van der Waals surface area (Å²) in [6, 6.07) is 3.71. The Hall–Kier alpha value is -2.24. The standard InChI is InChI=1S/C11H11N3O3/c1-7-3-2-6-12-10(7)11-14-13-8(17-11)4-5-9(15)16/h2-3,6H,4-5H2,1H3,(H,15,16). The predicted molar refractivity (Wildman–Crippen MR) is 58.2 cm³/mol. The first-order valence-electron chi connectivity index (χ1n) is 5.13. The molecule has 2 rings (SSSR count). The third kappa shape index (κ3) is 2.66. The minimum Gasteiger partial charge on any atom is -0.481 e. The molecule has 2 aromatic heterocycles. The van der Waals surface area contributed by atoms with E-state index in [4.69, 9.17) is 9.52 Å². The summed E-state index contributed by atoms with van der Waals surface area (Å²) in [6.07, 6.45) is 1.85. The van der Waals surface area contributed by atoms with E-state index in [-0.39, 0.29) is 12.8 Å². The Morgan fingerprint density at radius 3 is 3.00 bits per heavy atom. The molecule has 0 unspecified atom stereocenters. The van der Waals surface area contributed by atoms with Crippen molar-refractivity contribution in [3.63, 3.8) is 0 Å². The largest absolute Gasteiger partial charge is 0.481 e. The molecule has 2 heterocycles. The highest BCUT2D eigenvalue weighted by atomic mass is 16.4. The molecule has 0 aliphatic carbocycles. The molecule has 0 aliphatic heterocycles. The van der Waals surface area contributed by atoms with Crippen LogP contribution in [0, 0.1) is 6.92 Å². The van der Waals surface area contributed by atoms with E-state index in [9.17, 15) is 4.79 Å². The van der Waals surface area contributed by atoms with Gasteiger partial charge in [0.25, 0.3) is 5.89 Å². The summed E-state index contributed by atoms with van der Waals surface area (Å²) >= 11 is 0. The molecule has 0 saturated heterocycles. The molecule has 2 aromatic rings. The van der Waals surface area contributed by atoms with Crippen LogP contribution in [0.3, 0.4) is 0 Å². The third-order valence-electron chi connectivity index (χ3n) is 2.23. The van der Waals surface area contributed by atoms with Crippen molar-refractivity contribution in [1.82, 2.24) is 15.2 Å². The summed E-state index contributed by atoms with van der Waals surface area (Å²) in [4.78, 5) is 14.5. The fourth-order valence-electron chi connectivity index (χ4n) is 1.37. The summed E-state index contributed by atoms with van der Waals surface area (Å²) in [7, 11) is 0. The number of pyridine rings is 1. The summed E-state index contributed by atoms with van der Waals surface area (Å²) in [5, 5.41) is 16.2. The normalized spacial score (nSPS) is 10.4. The molecule has 0 bridgehead atoms. The van der Waals surface area contributed by atoms with Crippen molar-refractivity contribution in [2.75, 3.05) is 0 Å². The second kappa shape index (κ2) is 4.73. The number of rotatable bonds is 4.